The summed E-state index contributed by atoms with van der Waals surface area (Å²) in [7, 11) is 0. The summed E-state index contributed by atoms with van der Waals surface area (Å²) in [4.78, 5) is 23.2. The van der Waals surface area contributed by atoms with Gasteiger partial charge in [0.15, 0.2) is 0 Å². The third-order valence-electron chi connectivity index (χ3n) is 6.63. The molecule has 2 bridgehead atoms. The smallest absolute Gasteiger partial charge is 0.309 e. The van der Waals surface area contributed by atoms with Gasteiger partial charge in [0, 0.05) is 25.5 Å². The van der Waals surface area contributed by atoms with Crippen LogP contribution in [0.1, 0.15) is 39.5 Å². The number of fused-ring (bicyclic) bond motifs is 1. The Balaban J connectivity index is 1.27. The monoisotopic (exact) mass is 341 g/mol. The number of allylic oxidation sites excluding steroid dienone is 1. The van der Waals surface area contributed by atoms with E-state index in [0.29, 0.717) is 17.9 Å². The summed E-state index contributed by atoms with van der Waals surface area (Å²) in [5.41, 5.74) is 1.73. The van der Waals surface area contributed by atoms with Crippen LogP contribution < -0.4 is 4.90 Å². The van der Waals surface area contributed by atoms with Crippen molar-refractivity contribution in [2.24, 2.45) is 23.2 Å². The van der Waals surface area contributed by atoms with Gasteiger partial charge in [0.25, 0.3) is 0 Å². The predicted molar refractivity (Wildman–Crippen MR) is 96.0 cm³/mol. The Labute approximate surface area is 149 Å². The molecule has 5 heteroatoms. The Morgan fingerprint density at radius 2 is 2.00 bits per heavy atom. The molecule has 134 valence electrons. The minimum atomic E-state index is -0.0335. The van der Waals surface area contributed by atoms with Gasteiger partial charge in [0.1, 0.15) is 6.61 Å². The van der Waals surface area contributed by atoms with Crippen molar-refractivity contribution >= 4 is 11.9 Å². The first-order valence-electron chi connectivity index (χ1n) is 9.43. The van der Waals surface area contributed by atoms with Crippen LogP contribution in [0, 0.1) is 23.2 Å². The van der Waals surface area contributed by atoms with Crippen molar-refractivity contribution in [1.82, 2.24) is 9.97 Å². The molecule has 1 aromatic rings. The molecule has 25 heavy (non-hydrogen) atoms. The van der Waals surface area contributed by atoms with Gasteiger partial charge in [0.05, 0.1) is 5.92 Å². The van der Waals surface area contributed by atoms with E-state index in [2.05, 4.69) is 34.8 Å². The normalized spacial score (nSPS) is 28.1. The molecule has 0 radical (unpaired) electrons. The molecular formula is C20H27N3O2. The van der Waals surface area contributed by atoms with Gasteiger partial charge in [-0.3, -0.25) is 4.79 Å². The summed E-state index contributed by atoms with van der Waals surface area (Å²) in [6.45, 7) is 6.80. The maximum Gasteiger partial charge on any atom is 0.309 e. The molecule has 1 aliphatic heterocycles. The molecule has 0 spiro atoms. The van der Waals surface area contributed by atoms with Gasteiger partial charge in [-0.1, -0.05) is 19.9 Å². The molecule has 5 nitrogen and oxygen atoms in total. The number of carbonyl (C=O) groups excluding carboxylic acids is 1. The third kappa shape index (κ3) is 3.05. The number of esters is 1. The van der Waals surface area contributed by atoms with E-state index in [1.54, 1.807) is 12.4 Å². The topological polar surface area (TPSA) is 55.3 Å². The van der Waals surface area contributed by atoms with E-state index in [1.807, 2.05) is 6.07 Å². The van der Waals surface area contributed by atoms with Crippen molar-refractivity contribution < 1.29 is 9.53 Å². The Morgan fingerprint density at radius 3 is 2.64 bits per heavy atom. The molecule has 0 amide bonds. The lowest BCUT2D eigenvalue weighted by Crippen LogP contribution is -2.48. The van der Waals surface area contributed by atoms with Crippen LogP contribution in [0.2, 0.25) is 0 Å². The number of hydrogen-bond donors (Lipinski definition) is 0. The van der Waals surface area contributed by atoms with Gasteiger partial charge in [0.2, 0.25) is 5.95 Å². The summed E-state index contributed by atoms with van der Waals surface area (Å²) in [5.74, 6) is 2.15. The highest BCUT2D eigenvalue weighted by atomic mass is 16.5. The SMILES string of the molecule is CC1(C)[C@H]2CC=C(COC(=O)C3CCN(c4ncccn4)CC3)[C@@H]1C2. The second-order valence-corrected chi connectivity index (χ2v) is 8.24. The number of piperidine rings is 1. The average molecular weight is 341 g/mol. The van der Waals surface area contributed by atoms with Crippen molar-refractivity contribution in [3.63, 3.8) is 0 Å². The summed E-state index contributed by atoms with van der Waals surface area (Å²) in [5, 5.41) is 0. The highest BCUT2D eigenvalue weighted by molar-refractivity contribution is 5.73. The van der Waals surface area contributed by atoms with E-state index in [9.17, 15) is 4.79 Å². The van der Waals surface area contributed by atoms with Crippen LogP contribution >= 0.6 is 0 Å². The van der Waals surface area contributed by atoms with Crippen LogP contribution in [-0.4, -0.2) is 35.6 Å². The maximum absolute atomic E-state index is 12.5. The fourth-order valence-electron chi connectivity index (χ4n) is 4.68. The van der Waals surface area contributed by atoms with Gasteiger partial charge < -0.3 is 9.64 Å². The van der Waals surface area contributed by atoms with Gasteiger partial charge in [-0.05, 0) is 54.6 Å². The average Bonchev–Trinajstić information content (AvgIpc) is 2.67. The first-order valence-corrected chi connectivity index (χ1v) is 9.43. The van der Waals surface area contributed by atoms with Crippen LogP contribution in [0.3, 0.4) is 0 Å². The second kappa shape index (κ2) is 6.43. The lowest BCUT2D eigenvalue weighted by atomic mass is 9.49. The summed E-state index contributed by atoms with van der Waals surface area (Å²) < 4.78 is 5.69. The van der Waals surface area contributed by atoms with E-state index in [0.717, 1.165) is 44.2 Å². The second-order valence-electron chi connectivity index (χ2n) is 8.24. The van der Waals surface area contributed by atoms with Gasteiger partial charge >= 0.3 is 5.97 Å². The van der Waals surface area contributed by atoms with Crippen molar-refractivity contribution in [2.45, 2.75) is 39.5 Å². The molecule has 1 saturated carbocycles. The maximum atomic E-state index is 12.5. The lowest BCUT2D eigenvalue weighted by molar-refractivity contribution is -0.149. The number of hydrogen-bond acceptors (Lipinski definition) is 5. The molecule has 3 aliphatic carbocycles. The molecule has 0 N–H and O–H groups in total. The van der Waals surface area contributed by atoms with Crippen LogP contribution in [-0.2, 0) is 9.53 Å². The lowest BCUT2D eigenvalue weighted by Gasteiger charge is -2.56. The van der Waals surface area contributed by atoms with E-state index in [-0.39, 0.29) is 11.9 Å². The number of aromatic nitrogens is 2. The van der Waals surface area contributed by atoms with Crippen LogP contribution in [0.5, 0.6) is 0 Å². The third-order valence-corrected chi connectivity index (χ3v) is 6.63. The largest absolute Gasteiger partial charge is 0.461 e. The van der Waals surface area contributed by atoms with Crippen LogP contribution in [0.25, 0.3) is 0 Å². The molecule has 1 aromatic heterocycles. The molecule has 2 fully saturated rings. The minimum Gasteiger partial charge on any atom is -0.461 e. The first-order chi connectivity index (χ1) is 12.1. The molecule has 1 saturated heterocycles. The van der Waals surface area contributed by atoms with Crippen molar-refractivity contribution in [3.8, 4) is 0 Å². The Bertz CT molecular complexity index is 663. The van der Waals surface area contributed by atoms with Gasteiger partial charge in [-0.25, -0.2) is 9.97 Å². The van der Waals surface area contributed by atoms with E-state index >= 15 is 0 Å². The standard InChI is InChI=1S/C20H27N3O2/c1-20(2)16-5-4-15(17(20)12-16)13-25-18(24)14-6-10-23(11-7-14)19-21-8-3-9-22-19/h3-4,8-9,14,16-17H,5-7,10-13H2,1-2H3/t16-,17-/m0/s1. The summed E-state index contributed by atoms with van der Waals surface area (Å²) in [6, 6.07) is 1.82. The fourth-order valence-corrected chi connectivity index (χ4v) is 4.68. The number of nitrogens with zero attached hydrogens (tertiary/aromatic N) is 3. The zero-order chi connectivity index (χ0) is 17.4. The molecule has 2 atom stereocenters. The van der Waals surface area contributed by atoms with Crippen molar-refractivity contribution in [3.05, 3.63) is 30.1 Å². The van der Waals surface area contributed by atoms with Gasteiger partial charge in [-0.15, -0.1) is 0 Å². The number of carbonyl (C=O) groups is 1. The fraction of sp³-hybridized carbons (Fsp3) is 0.650. The van der Waals surface area contributed by atoms with Crippen molar-refractivity contribution in [1.29, 1.82) is 0 Å². The van der Waals surface area contributed by atoms with E-state index < -0.39 is 0 Å². The van der Waals surface area contributed by atoms with Crippen LogP contribution in [0.4, 0.5) is 5.95 Å². The Kier molecular flexibility index (Phi) is 4.26. The number of rotatable bonds is 4. The van der Waals surface area contributed by atoms with E-state index in [4.69, 9.17) is 4.74 Å². The molecule has 5 rings (SSSR count). The molecule has 4 aliphatic rings. The zero-order valence-electron chi connectivity index (χ0n) is 15.1. The van der Waals surface area contributed by atoms with E-state index in [1.165, 1.54) is 12.0 Å². The predicted octanol–water partition coefficient (Wildman–Crippen LogP) is 3.23. The summed E-state index contributed by atoms with van der Waals surface area (Å²) >= 11 is 0. The summed E-state index contributed by atoms with van der Waals surface area (Å²) in [6.07, 6.45) is 9.87. The minimum absolute atomic E-state index is 0.00584. The quantitative estimate of drug-likeness (QED) is 0.622. The number of anilines is 1. The molecule has 0 aromatic carbocycles. The zero-order valence-corrected chi connectivity index (χ0v) is 15.1. The van der Waals surface area contributed by atoms with Gasteiger partial charge in [-0.2, -0.15) is 0 Å². The van der Waals surface area contributed by atoms with Crippen molar-refractivity contribution in [2.75, 3.05) is 24.6 Å². The van der Waals surface area contributed by atoms with Crippen LogP contribution in [0.15, 0.2) is 30.1 Å². The molecule has 2 heterocycles. The molecular weight excluding hydrogens is 314 g/mol. The first kappa shape index (κ1) is 16.6. The Hall–Kier alpha value is -1.91. The highest BCUT2D eigenvalue weighted by Crippen LogP contribution is 2.59. The Morgan fingerprint density at radius 1 is 1.28 bits per heavy atom. The molecule has 0 unspecified atom stereocenters. The highest BCUT2D eigenvalue weighted by Gasteiger charge is 2.51. The number of ether oxygens (including phenoxy) is 1.